The Kier molecular flexibility index (Phi) is 4.19. The lowest BCUT2D eigenvalue weighted by atomic mass is 9.89. The predicted octanol–water partition coefficient (Wildman–Crippen LogP) is 0.468. The minimum Gasteiger partial charge on any atom is -0.345 e. The largest absolute Gasteiger partial charge is 0.345 e. The third kappa shape index (κ3) is 3.76. The molecule has 1 saturated heterocycles. The molecule has 0 saturated carbocycles. The molecule has 2 heterocycles. The molecule has 1 aliphatic heterocycles. The van der Waals surface area contributed by atoms with Crippen molar-refractivity contribution in [3.63, 3.8) is 0 Å². The van der Waals surface area contributed by atoms with Crippen LogP contribution < -0.4 is 0 Å². The summed E-state index contributed by atoms with van der Waals surface area (Å²) < 4.78 is 1.69. The molecular weight excluding hydrogens is 242 g/mol. The van der Waals surface area contributed by atoms with Crippen molar-refractivity contribution in [1.82, 2.24) is 24.6 Å². The van der Waals surface area contributed by atoms with Crippen LogP contribution in [0.5, 0.6) is 0 Å². The van der Waals surface area contributed by atoms with Crippen LogP contribution in [0.15, 0.2) is 12.7 Å². The van der Waals surface area contributed by atoms with Gasteiger partial charge in [-0.05, 0) is 25.4 Å². The number of hydrogen-bond donors (Lipinski definition) is 0. The van der Waals surface area contributed by atoms with E-state index in [9.17, 15) is 4.79 Å². The zero-order valence-electron chi connectivity index (χ0n) is 12.0. The molecule has 0 bridgehead atoms. The van der Waals surface area contributed by atoms with E-state index in [2.05, 4.69) is 29.0 Å². The Bertz CT molecular complexity index is 419. The molecule has 0 N–H and O–H groups in total. The quantitative estimate of drug-likeness (QED) is 0.776. The van der Waals surface area contributed by atoms with Crippen molar-refractivity contribution in [2.45, 2.75) is 26.3 Å². The van der Waals surface area contributed by atoms with Crippen LogP contribution in [0.2, 0.25) is 0 Å². The maximum atomic E-state index is 12.1. The summed E-state index contributed by atoms with van der Waals surface area (Å²) >= 11 is 0. The first kappa shape index (κ1) is 14.0. The topological polar surface area (TPSA) is 54.3 Å². The lowest BCUT2D eigenvalue weighted by molar-refractivity contribution is -0.131. The molecule has 6 nitrogen and oxygen atoms in total. The van der Waals surface area contributed by atoms with Gasteiger partial charge in [-0.3, -0.25) is 9.48 Å². The van der Waals surface area contributed by atoms with Crippen LogP contribution in [0.25, 0.3) is 0 Å². The van der Waals surface area contributed by atoms with E-state index in [1.54, 1.807) is 11.0 Å². The summed E-state index contributed by atoms with van der Waals surface area (Å²) in [6.45, 7) is 5.87. The number of carbonyl (C=O) groups excluding carboxylic acids is 1. The molecule has 1 amide bonds. The number of likely N-dealkylation sites (tertiary alicyclic amines) is 1. The molecule has 1 aromatic rings. The number of carbonyl (C=O) groups is 1. The Morgan fingerprint density at radius 3 is 2.89 bits per heavy atom. The second kappa shape index (κ2) is 5.69. The van der Waals surface area contributed by atoms with Crippen LogP contribution in [0, 0.1) is 5.41 Å². The van der Waals surface area contributed by atoms with E-state index in [1.807, 2.05) is 11.9 Å². The van der Waals surface area contributed by atoms with Crippen molar-refractivity contribution in [2.24, 2.45) is 5.41 Å². The highest BCUT2D eigenvalue weighted by molar-refractivity contribution is 5.75. The molecule has 106 valence electrons. The third-order valence-electron chi connectivity index (χ3n) is 3.81. The third-order valence-corrected chi connectivity index (χ3v) is 3.81. The zero-order valence-corrected chi connectivity index (χ0v) is 12.0. The van der Waals surface area contributed by atoms with Gasteiger partial charge in [-0.15, -0.1) is 0 Å². The van der Waals surface area contributed by atoms with Gasteiger partial charge in [0.15, 0.2) is 0 Å². The Balaban J connectivity index is 1.79. The summed E-state index contributed by atoms with van der Waals surface area (Å²) in [5.74, 6) is 0.172. The highest BCUT2D eigenvalue weighted by Crippen LogP contribution is 2.29. The van der Waals surface area contributed by atoms with Crippen LogP contribution >= 0.6 is 0 Å². The molecular formula is C13H23N5O. The average Bonchev–Trinajstić information content (AvgIpc) is 2.96. The van der Waals surface area contributed by atoms with E-state index in [4.69, 9.17) is 0 Å². The maximum absolute atomic E-state index is 12.1. The van der Waals surface area contributed by atoms with Gasteiger partial charge in [0.25, 0.3) is 0 Å². The van der Waals surface area contributed by atoms with Gasteiger partial charge in [-0.25, -0.2) is 4.98 Å². The number of rotatable bonds is 5. The van der Waals surface area contributed by atoms with E-state index in [1.165, 1.54) is 6.33 Å². The number of hydrogen-bond acceptors (Lipinski definition) is 4. The molecule has 19 heavy (non-hydrogen) atoms. The molecule has 1 atom stereocenters. The van der Waals surface area contributed by atoms with Crippen molar-refractivity contribution in [1.29, 1.82) is 0 Å². The Morgan fingerprint density at radius 2 is 2.32 bits per heavy atom. The summed E-state index contributed by atoms with van der Waals surface area (Å²) in [7, 11) is 4.03. The molecule has 0 spiro atoms. The fourth-order valence-electron chi connectivity index (χ4n) is 2.81. The lowest BCUT2D eigenvalue weighted by Gasteiger charge is -2.30. The van der Waals surface area contributed by atoms with Gasteiger partial charge in [0.2, 0.25) is 5.91 Å². The maximum Gasteiger partial charge on any atom is 0.224 e. The van der Waals surface area contributed by atoms with E-state index < -0.39 is 0 Å². The van der Waals surface area contributed by atoms with Gasteiger partial charge in [0.1, 0.15) is 12.7 Å². The summed E-state index contributed by atoms with van der Waals surface area (Å²) in [6.07, 6.45) is 4.76. The fourth-order valence-corrected chi connectivity index (χ4v) is 2.81. The second-order valence-electron chi connectivity index (χ2n) is 5.96. The number of aromatic nitrogens is 3. The van der Waals surface area contributed by atoms with Crippen molar-refractivity contribution in [3.8, 4) is 0 Å². The second-order valence-corrected chi connectivity index (χ2v) is 5.96. The molecule has 0 aliphatic carbocycles. The molecule has 1 aliphatic rings. The van der Waals surface area contributed by atoms with Crippen molar-refractivity contribution >= 4 is 5.91 Å². The smallest absolute Gasteiger partial charge is 0.224 e. The SMILES string of the molecule is CN1CC[C@@](C)(CN(C)C(=O)CCn2cncn2)C1. The summed E-state index contributed by atoms with van der Waals surface area (Å²) in [6, 6.07) is 0. The highest BCUT2D eigenvalue weighted by atomic mass is 16.2. The van der Waals surface area contributed by atoms with Crippen LogP contribution in [0.1, 0.15) is 19.8 Å². The standard InChI is InChI=1S/C13H23N5O/c1-13(5-7-16(2)8-13)9-17(3)12(19)4-6-18-11-14-10-15-18/h10-11H,4-9H2,1-3H3/t13-/m1/s1. The minimum absolute atomic E-state index is 0.172. The normalized spacial score (nSPS) is 23.7. The molecule has 6 heteroatoms. The summed E-state index contributed by atoms with van der Waals surface area (Å²) in [4.78, 5) is 20.2. The van der Waals surface area contributed by atoms with E-state index >= 15 is 0 Å². The predicted molar refractivity (Wildman–Crippen MR) is 72.5 cm³/mol. The molecule has 0 unspecified atom stereocenters. The Morgan fingerprint density at radius 1 is 1.53 bits per heavy atom. The van der Waals surface area contributed by atoms with Gasteiger partial charge in [0, 0.05) is 26.6 Å². The molecule has 1 fully saturated rings. The fraction of sp³-hybridized carbons (Fsp3) is 0.769. The van der Waals surface area contributed by atoms with Gasteiger partial charge in [-0.2, -0.15) is 5.10 Å². The first-order chi connectivity index (χ1) is 8.98. The summed E-state index contributed by atoms with van der Waals surface area (Å²) in [5.41, 5.74) is 0.229. The minimum atomic E-state index is 0.172. The van der Waals surface area contributed by atoms with Crippen LogP contribution in [-0.4, -0.2) is 64.2 Å². The number of amides is 1. The van der Waals surface area contributed by atoms with Crippen LogP contribution in [0.4, 0.5) is 0 Å². The van der Waals surface area contributed by atoms with E-state index in [0.717, 1.165) is 26.1 Å². The van der Waals surface area contributed by atoms with E-state index in [0.29, 0.717) is 13.0 Å². The van der Waals surface area contributed by atoms with Crippen molar-refractivity contribution in [2.75, 3.05) is 33.7 Å². The van der Waals surface area contributed by atoms with Gasteiger partial charge < -0.3 is 9.80 Å². The van der Waals surface area contributed by atoms with Gasteiger partial charge in [0.05, 0.1) is 6.54 Å². The molecule has 0 aromatic carbocycles. The van der Waals surface area contributed by atoms with E-state index in [-0.39, 0.29) is 11.3 Å². The van der Waals surface area contributed by atoms with Crippen LogP contribution in [-0.2, 0) is 11.3 Å². The molecule has 1 aromatic heterocycles. The van der Waals surface area contributed by atoms with Crippen molar-refractivity contribution in [3.05, 3.63) is 12.7 Å². The zero-order chi connectivity index (χ0) is 13.9. The highest BCUT2D eigenvalue weighted by Gasteiger charge is 2.33. The van der Waals surface area contributed by atoms with Crippen LogP contribution in [0.3, 0.4) is 0 Å². The lowest BCUT2D eigenvalue weighted by Crippen LogP contribution is -2.39. The van der Waals surface area contributed by atoms with Crippen molar-refractivity contribution < 1.29 is 4.79 Å². The Labute approximate surface area is 114 Å². The average molecular weight is 265 g/mol. The monoisotopic (exact) mass is 265 g/mol. The van der Waals surface area contributed by atoms with Gasteiger partial charge in [-0.1, -0.05) is 6.92 Å². The summed E-state index contributed by atoms with van der Waals surface area (Å²) in [5, 5.41) is 4.00. The Hall–Kier alpha value is -1.43. The first-order valence-electron chi connectivity index (χ1n) is 6.73. The van der Waals surface area contributed by atoms with Gasteiger partial charge >= 0.3 is 0 Å². The molecule has 2 rings (SSSR count). The molecule has 0 radical (unpaired) electrons. The number of aryl methyl sites for hydroxylation is 1. The number of nitrogens with zero attached hydrogens (tertiary/aromatic N) is 5. The first-order valence-corrected chi connectivity index (χ1v) is 6.73.